The van der Waals surface area contributed by atoms with Gasteiger partial charge in [0.2, 0.25) is 0 Å². The van der Waals surface area contributed by atoms with Gasteiger partial charge in [0.15, 0.2) is 0 Å². The van der Waals surface area contributed by atoms with Crippen molar-refractivity contribution in [1.29, 1.82) is 0 Å². The fourth-order valence-electron chi connectivity index (χ4n) is 0.919. The van der Waals surface area contributed by atoms with E-state index in [9.17, 15) is 8.78 Å². The van der Waals surface area contributed by atoms with Crippen molar-refractivity contribution >= 4 is 6.08 Å². The molecule has 58 valence electrons. The molecule has 0 fully saturated rings. The molecular weight excluding hydrogens is 146 g/mol. The Balaban J connectivity index is 3.40. The Bertz CT molecular complexity index is 290. The molecule has 0 atom stereocenters. The van der Waals surface area contributed by atoms with E-state index in [4.69, 9.17) is 0 Å². The van der Waals surface area contributed by atoms with Gasteiger partial charge in [-0.05, 0) is 24.6 Å². The summed E-state index contributed by atoms with van der Waals surface area (Å²) in [4.78, 5) is 0. The maximum Gasteiger partial charge on any atom is 0.130 e. The maximum atomic E-state index is 12.8. The van der Waals surface area contributed by atoms with Crippen molar-refractivity contribution in [2.45, 2.75) is 6.92 Å². The average Bonchev–Trinajstić information content (AvgIpc) is 1.99. The quantitative estimate of drug-likeness (QED) is 0.583. The number of hydrogen-bond donors (Lipinski definition) is 0. The molecule has 1 aromatic rings. The zero-order valence-electron chi connectivity index (χ0n) is 6.20. The zero-order chi connectivity index (χ0) is 8.43. The van der Waals surface area contributed by atoms with Gasteiger partial charge in [0.05, 0.1) is 0 Å². The summed E-state index contributed by atoms with van der Waals surface area (Å²) in [6, 6.07) is 2.21. The van der Waals surface area contributed by atoms with E-state index in [2.05, 4.69) is 6.58 Å². The molecule has 0 heterocycles. The molecule has 0 amide bonds. The van der Waals surface area contributed by atoms with Crippen LogP contribution < -0.4 is 0 Å². The fourth-order valence-corrected chi connectivity index (χ4v) is 0.919. The first kappa shape index (κ1) is 7.92. The molecule has 1 rings (SSSR count). The van der Waals surface area contributed by atoms with E-state index in [1.165, 1.54) is 13.0 Å². The normalized spacial score (nSPS) is 9.73. The van der Waals surface area contributed by atoms with Crippen LogP contribution in [0.5, 0.6) is 0 Å². The lowest BCUT2D eigenvalue weighted by Gasteiger charge is -2.01. The van der Waals surface area contributed by atoms with Crippen molar-refractivity contribution in [2.75, 3.05) is 0 Å². The van der Waals surface area contributed by atoms with Crippen molar-refractivity contribution in [3.05, 3.63) is 41.5 Å². The lowest BCUT2D eigenvalue weighted by atomic mass is 10.1. The summed E-state index contributed by atoms with van der Waals surface area (Å²) >= 11 is 0. The van der Waals surface area contributed by atoms with Crippen molar-refractivity contribution in [3.63, 3.8) is 0 Å². The number of halogens is 2. The molecule has 1 aromatic carbocycles. The summed E-state index contributed by atoms with van der Waals surface area (Å²) in [5.41, 5.74) is 0.546. The molecule has 0 aliphatic rings. The van der Waals surface area contributed by atoms with Gasteiger partial charge in [-0.2, -0.15) is 0 Å². The second-order valence-corrected chi connectivity index (χ2v) is 2.27. The Morgan fingerprint density at radius 3 is 2.27 bits per heavy atom. The van der Waals surface area contributed by atoms with Gasteiger partial charge in [-0.15, -0.1) is 0 Å². The number of rotatable bonds is 1. The molecule has 0 spiro atoms. The third kappa shape index (κ3) is 1.29. The van der Waals surface area contributed by atoms with Gasteiger partial charge in [-0.1, -0.05) is 12.7 Å². The molecular formula is C9H8F2. The van der Waals surface area contributed by atoms with Crippen LogP contribution in [0.25, 0.3) is 6.08 Å². The maximum absolute atomic E-state index is 12.8. The summed E-state index contributed by atoms with van der Waals surface area (Å²) in [7, 11) is 0. The van der Waals surface area contributed by atoms with Gasteiger partial charge in [0, 0.05) is 5.56 Å². The van der Waals surface area contributed by atoms with Crippen LogP contribution in [-0.2, 0) is 0 Å². The highest BCUT2D eigenvalue weighted by Crippen LogP contribution is 2.16. The Morgan fingerprint density at radius 1 is 1.27 bits per heavy atom. The minimum atomic E-state index is -0.432. The highest BCUT2D eigenvalue weighted by atomic mass is 19.1. The van der Waals surface area contributed by atoms with Gasteiger partial charge in [0.25, 0.3) is 0 Å². The van der Waals surface area contributed by atoms with Crippen LogP contribution in [0, 0.1) is 18.6 Å². The largest absolute Gasteiger partial charge is 0.207 e. The van der Waals surface area contributed by atoms with Crippen LogP contribution in [0.15, 0.2) is 18.7 Å². The molecule has 0 saturated carbocycles. The van der Waals surface area contributed by atoms with Crippen LogP contribution in [-0.4, -0.2) is 0 Å². The zero-order valence-corrected chi connectivity index (χ0v) is 6.20. The molecule has 0 aromatic heterocycles. The molecule has 0 nitrogen and oxygen atoms in total. The molecule has 0 bridgehead atoms. The predicted molar refractivity (Wildman–Crippen MR) is 41.2 cm³/mol. The fraction of sp³-hybridized carbons (Fsp3) is 0.111. The van der Waals surface area contributed by atoms with E-state index < -0.39 is 11.6 Å². The van der Waals surface area contributed by atoms with Crippen LogP contribution in [0.2, 0.25) is 0 Å². The smallest absolute Gasteiger partial charge is 0.130 e. The predicted octanol–water partition coefficient (Wildman–Crippen LogP) is 2.92. The Kier molecular flexibility index (Phi) is 2.03. The van der Waals surface area contributed by atoms with Gasteiger partial charge >= 0.3 is 0 Å². The van der Waals surface area contributed by atoms with Crippen molar-refractivity contribution in [2.24, 2.45) is 0 Å². The second kappa shape index (κ2) is 2.82. The molecule has 0 aliphatic heterocycles. The molecule has 0 aliphatic carbocycles. The second-order valence-electron chi connectivity index (χ2n) is 2.27. The minimum Gasteiger partial charge on any atom is -0.207 e. The lowest BCUT2D eigenvalue weighted by Crippen LogP contribution is -1.90. The van der Waals surface area contributed by atoms with E-state index in [-0.39, 0.29) is 5.56 Å². The van der Waals surface area contributed by atoms with E-state index >= 15 is 0 Å². The topological polar surface area (TPSA) is 0 Å². The van der Waals surface area contributed by atoms with E-state index in [0.717, 1.165) is 12.1 Å². The van der Waals surface area contributed by atoms with Crippen LogP contribution >= 0.6 is 0 Å². The van der Waals surface area contributed by atoms with Crippen LogP contribution in [0.3, 0.4) is 0 Å². The SMILES string of the molecule is C=Cc1c(F)ccc(F)c1C. The third-order valence-electron chi connectivity index (χ3n) is 1.60. The van der Waals surface area contributed by atoms with Gasteiger partial charge in [0.1, 0.15) is 11.6 Å². The first-order chi connectivity index (χ1) is 5.16. The van der Waals surface area contributed by atoms with Crippen LogP contribution in [0.4, 0.5) is 8.78 Å². The summed E-state index contributed by atoms with van der Waals surface area (Å²) in [5, 5.41) is 0. The van der Waals surface area contributed by atoms with Gasteiger partial charge in [-0.25, -0.2) is 8.78 Å². The Labute approximate surface area is 64.2 Å². The molecule has 11 heavy (non-hydrogen) atoms. The molecule has 2 heteroatoms. The molecule has 0 unspecified atom stereocenters. The minimum absolute atomic E-state index is 0.241. The monoisotopic (exact) mass is 154 g/mol. The Morgan fingerprint density at radius 2 is 1.82 bits per heavy atom. The van der Waals surface area contributed by atoms with E-state index in [0.29, 0.717) is 5.56 Å². The summed E-state index contributed by atoms with van der Waals surface area (Å²) in [5.74, 6) is -0.833. The lowest BCUT2D eigenvalue weighted by molar-refractivity contribution is 0.590. The highest BCUT2D eigenvalue weighted by Gasteiger charge is 2.05. The summed E-state index contributed by atoms with van der Waals surface area (Å²) in [6.07, 6.45) is 1.31. The van der Waals surface area contributed by atoms with Crippen molar-refractivity contribution in [1.82, 2.24) is 0 Å². The summed E-state index contributed by atoms with van der Waals surface area (Å²) < 4.78 is 25.5. The van der Waals surface area contributed by atoms with E-state index in [1.807, 2.05) is 0 Å². The van der Waals surface area contributed by atoms with E-state index in [1.54, 1.807) is 0 Å². The van der Waals surface area contributed by atoms with Gasteiger partial charge < -0.3 is 0 Å². The molecule has 0 saturated heterocycles. The Hall–Kier alpha value is -1.18. The number of benzene rings is 1. The first-order valence-electron chi connectivity index (χ1n) is 3.24. The molecule has 0 radical (unpaired) electrons. The first-order valence-corrected chi connectivity index (χ1v) is 3.24. The van der Waals surface area contributed by atoms with Crippen molar-refractivity contribution in [3.8, 4) is 0 Å². The average molecular weight is 154 g/mol. The van der Waals surface area contributed by atoms with Crippen LogP contribution in [0.1, 0.15) is 11.1 Å². The highest BCUT2D eigenvalue weighted by molar-refractivity contribution is 5.52. The standard InChI is InChI=1S/C9H8F2/c1-3-7-6(2)8(10)4-5-9(7)11/h3-5H,1H2,2H3. The third-order valence-corrected chi connectivity index (χ3v) is 1.60. The number of hydrogen-bond acceptors (Lipinski definition) is 0. The van der Waals surface area contributed by atoms with Crippen molar-refractivity contribution < 1.29 is 8.78 Å². The summed E-state index contributed by atoms with van der Waals surface area (Å²) in [6.45, 7) is 4.91. The van der Waals surface area contributed by atoms with Gasteiger partial charge in [-0.3, -0.25) is 0 Å². The molecule has 0 N–H and O–H groups in total.